The van der Waals surface area contributed by atoms with Crippen LogP contribution in [0.3, 0.4) is 0 Å². The Hall–Kier alpha value is -0.0400. The first-order chi connectivity index (χ1) is 4.46. The summed E-state index contributed by atoms with van der Waals surface area (Å²) in [4.78, 5) is 0. The van der Waals surface area contributed by atoms with E-state index < -0.39 is 0 Å². The third kappa shape index (κ3) is 2.70. The van der Waals surface area contributed by atoms with Crippen LogP contribution in [0.2, 0.25) is 0 Å². The molecule has 0 atom stereocenters. The maximum Gasteiger partial charge on any atom is -0.00486 e. The van der Waals surface area contributed by atoms with E-state index in [2.05, 4.69) is 50.5 Å². The number of halogens is 1. The molecule has 0 N–H and O–H groups in total. The topological polar surface area (TPSA) is 0 Å². The fraction of sp³-hybridized carbons (Fsp3) is 0.556. The summed E-state index contributed by atoms with van der Waals surface area (Å²) in [5.74, 6) is 0. The average molecular weight is 203 g/mol. The van der Waals surface area contributed by atoms with Gasteiger partial charge in [0, 0.05) is 0 Å². The van der Waals surface area contributed by atoms with Gasteiger partial charge in [-0.1, -0.05) is 21.5 Å². The van der Waals surface area contributed by atoms with E-state index in [0.29, 0.717) is 0 Å². The molecule has 58 valence electrons. The zero-order chi connectivity index (χ0) is 8.31. The number of hydrogen-bond donors (Lipinski definition) is 0. The van der Waals surface area contributed by atoms with Gasteiger partial charge in [-0.05, 0) is 50.2 Å². The Morgan fingerprint density at radius 2 is 1.20 bits per heavy atom. The standard InChI is InChI=1S/C9H15Br/c1-6(2)7(3)8(4)9(5)10/h1-5H3/b9-8+. The zero-order valence-electron chi connectivity index (χ0n) is 7.38. The second-order valence-corrected chi connectivity index (χ2v) is 3.97. The summed E-state index contributed by atoms with van der Waals surface area (Å²) in [5.41, 5.74) is 4.12. The first-order valence-electron chi connectivity index (χ1n) is 3.44. The van der Waals surface area contributed by atoms with Gasteiger partial charge in [0.2, 0.25) is 0 Å². The molecule has 0 aromatic rings. The van der Waals surface area contributed by atoms with Crippen LogP contribution in [0.25, 0.3) is 0 Å². The maximum absolute atomic E-state index is 3.45. The van der Waals surface area contributed by atoms with E-state index in [0.717, 1.165) is 0 Å². The van der Waals surface area contributed by atoms with Gasteiger partial charge in [-0.2, -0.15) is 0 Å². The minimum atomic E-state index is 1.23. The molecule has 0 rings (SSSR count). The highest BCUT2D eigenvalue weighted by Gasteiger charge is 1.96. The van der Waals surface area contributed by atoms with Crippen molar-refractivity contribution in [3.05, 3.63) is 21.2 Å². The van der Waals surface area contributed by atoms with Crippen molar-refractivity contribution in [1.82, 2.24) is 0 Å². The molecule has 0 nitrogen and oxygen atoms in total. The zero-order valence-corrected chi connectivity index (χ0v) is 8.96. The molecule has 0 aromatic heterocycles. The summed E-state index contributed by atoms with van der Waals surface area (Å²) in [6, 6.07) is 0. The predicted molar refractivity (Wildman–Crippen MR) is 51.3 cm³/mol. The fourth-order valence-electron chi connectivity index (χ4n) is 0.633. The summed E-state index contributed by atoms with van der Waals surface area (Å²) in [5, 5.41) is 0. The third-order valence-electron chi connectivity index (χ3n) is 1.83. The highest BCUT2D eigenvalue weighted by atomic mass is 79.9. The second-order valence-electron chi connectivity index (χ2n) is 2.78. The quantitative estimate of drug-likeness (QED) is 0.564. The van der Waals surface area contributed by atoms with Crippen molar-refractivity contribution in [2.75, 3.05) is 0 Å². The van der Waals surface area contributed by atoms with Crippen LogP contribution in [0.1, 0.15) is 34.6 Å². The van der Waals surface area contributed by atoms with Gasteiger partial charge in [0.05, 0.1) is 0 Å². The molecule has 0 saturated heterocycles. The van der Waals surface area contributed by atoms with Crippen LogP contribution in [-0.2, 0) is 0 Å². The summed E-state index contributed by atoms with van der Waals surface area (Å²) >= 11 is 3.45. The van der Waals surface area contributed by atoms with Gasteiger partial charge in [0.15, 0.2) is 0 Å². The lowest BCUT2D eigenvalue weighted by Gasteiger charge is -2.04. The van der Waals surface area contributed by atoms with Crippen LogP contribution in [0, 0.1) is 0 Å². The van der Waals surface area contributed by atoms with Crippen LogP contribution in [-0.4, -0.2) is 0 Å². The van der Waals surface area contributed by atoms with Crippen LogP contribution >= 0.6 is 15.9 Å². The molecule has 0 bridgehead atoms. The van der Waals surface area contributed by atoms with Crippen molar-refractivity contribution in [2.24, 2.45) is 0 Å². The lowest BCUT2D eigenvalue weighted by atomic mass is 10.1. The monoisotopic (exact) mass is 202 g/mol. The minimum Gasteiger partial charge on any atom is -0.0732 e. The fourth-order valence-corrected chi connectivity index (χ4v) is 0.931. The van der Waals surface area contributed by atoms with Gasteiger partial charge in [0.25, 0.3) is 0 Å². The molecular formula is C9H15Br. The van der Waals surface area contributed by atoms with E-state index in [9.17, 15) is 0 Å². The van der Waals surface area contributed by atoms with Crippen molar-refractivity contribution in [3.8, 4) is 0 Å². The Morgan fingerprint density at radius 3 is 1.30 bits per heavy atom. The van der Waals surface area contributed by atoms with Crippen LogP contribution < -0.4 is 0 Å². The molecule has 0 aliphatic heterocycles. The molecule has 0 fully saturated rings. The highest BCUT2D eigenvalue weighted by Crippen LogP contribution is 2.20. The molecule has 0 radical (unpaired) electrons. The number of hydrogen-bond acceptors (Lipinski definition) is 0. The van der Waals surface area contributed by atoms with E-state index in [1.54, 1.807) is 0 Å². The van der Waals surface area contributed by atoms with Gasteiger partial charge in [-0.25, -0.2) is 0 Å². The van der Waals surface area contributed by atoms with Crippen LogP contribution in [0.15, 0.2) is 21.2 Å². The Labute approximate surface area is 72.1 Å². The smallest absolute Gasteiger partial charge is 0.00486 e. The molecule has 0 heterocycles. The molecular weight excluding hydrogens is 188 g/mol. The molecule has 1 heteroatoms. The summed E-state index contributed by atoms with van der Waals surface area (Å²) in [6.45, 7) is 10.6. The molecule has 0 amide bonds. The van der Waals surface area contributed by atoms with Gasteiger partial charge in [-0.15, -0.1) is 0 Å². The molecule has 0 saturated carbocycles. The van der Waals surface area contributed by atoms with Crippen molar-refractivity contribution < 1.29 is 0 Å². The Morgan fingerprint density at radius 1 is 0.800 bits per heavy atom. The predicted octanol–water partition coefficient (Wildman–Crippen LogP) is 4.03. The van der Waals surface area contributed by atoms with Crippen LogP contribution in [0.4, 0.5) is 0 Å². The molecule has 10 heavy (non-hydrogen) atoms. The van der Waals surface area contributed by atoms with Gasteiger partial charge < -0.3 is 0 Å². The van der Waals surface area contributed by atoms with E-state index in [1.807, 2.05) is 0 Å². The Kier molecular flexibility index (Phi) is 3.95. The largest absolute Gasteiger partial charge is 0.0732 e. The van der Waals surface area contributed by atoms with E-state index >= 15 is 0 Å². The van der Waals surface area contributed by atoms with Gasteiger partial charge >= 0.3 is 0 Å². The summed E-state index contributed by atoms with van der Waals surface area (Å²) < 4.78 is 1.23. The molecule has 0 aromatic carbocycles. The number of allylic oxidation sites excluding steroid dienone is 4. The van der Waals surface area contributed by atoms with Crippen molar-refractivity contribution in [2.45, 2.75) is 34.6 Å². The SMILES string of the molecule is CC(C)=C(C)/C(C)=C(\C)Br. The number of rotatable bonds is 1. The van der Waals surface area contributed by atoms with Crippen molar-refractivity contribution >= 4 is 15.9 Å². The molecule has 0 unspecified atom stereocenters. The second kappa shape index (κ2) is 3.97. The first-order valence-corrected chi connectivity index (χ1v) is 4.23. The average Bonchev–Trinajstić information content (AvgIpc) is 1.84. The van der Waals surface area contributed by atoms with E-state index in [4.69, 9.17) is 0 Å². The summed E-state index contributed by atoms with van der Waals surface area (Å²) in [7, 11) is 0. The first kappa shape index (κ1) is 9.96. The van der Waals surface area contributed by atoms with Crippen molar-refractivity contribution in [3.63, 3.8) is 0 Å². The van der Waals surface area contributed by atoms with E-state index in [1.165, 1.54) is 21.2 Å². The van der Waals surface area contributed by atoms with E-state index in [-0.39, 0.29) is 0 Å². The lowest BCUT2D eigenvalue weighted by molar-refractivity contribution is 1.21. The molecule has 0 spiro atoms. The highest BCUT2D eigenvalue weighted by molar-refractivity contribution is 9.11. The van der Waals surface area contributed by atoms with Gasteiger partial charge in [-0.3, -0.25) is 0 Å². The summed E-state index contributed by atoms with van der Waals surface area (Å²) in [6.07, 6.45) is 0. The Balaban J connectivity index is 4.71. The minimum absolute atomic E-state index is 1.23. The van der Waals surface area contributed by atoms with Gasteiger partial charge in [0.1, 0.15) is 0 Å². The Bertz CT molecular complexity index is 155. The van der Waals surface area contributed by atoms with Crippen molar-refractivity contribution in [1.29, 1.82) is 0 Å². The molecule has 0 aliphatic carbocycles. The maximum atomic E-state index is 3.45. The normalized spacial score (nSPS) is 12.6. The third-order valence-corrected chi connectivity index (χ3v) is 2.42. The van der Waals surface area contributed by atoms with Crippen LogP contribution in [0.5, 0.6) is 0 Å². The lowest BCUT2D eigenvalue weighted by Crippen LogP contribution is -1.83. The molecule has 0 aliphatic rings.